The molecule has 90 valence electrons. The predicted molar refractivity (Wildman–Crippen MR) is 61.6 cm³/mol. The van der Waals surface area contributed by atoms with Crippen molar-refractivity contribution in [3.8, 4) is 17.1 Å². The van der Waals surface area contributed by atoms with Gasteiger partial charge in [-0.15, -0.1) is 0 Å². The summed E-state index contributed by atoms with van der Waals surface area (Å²) in [6, 6.07) is 4.80. The molecule has 0 saturated carbocycles. The number of carbonyl (C=O) groups is 1. The number of hydrogen-bond acceptors (Lipinski definition) is 4. The standard InChI is InChI=1S/C12H8N2O4/c15-11-7(12(16)17)4-6-5-18-8-2-1-3-13-10(8)9(6)14-11/h1-4H,5H2,(H,14,15)(H,16,17). The second-order valence-corrected chi connectivity index (χ2v) is 3.86. The summed E-state index contributed by atoms with van der Waals surface area (Å²) in [4.78, 5) is 29.2. The van der Waals surface area contributed by atoms with E-state index in [-0.39, 0.29) is 12.2 Å². The smallest absolute Gasteiger partial charge is 0.341 e. The zero-order chi connectivity index (χ0) is 12.7. The number of carboxylic acids is 1. The molecule has 2 aromatic heterocycles. The van der Waals surface area contributed by atoms with Crippen LogP contribution in [0.5, 0.6) is 5.75 Å². The molecule has 0 aromatic carbocycles. The molecule has 0 spiro atoms. The molecule has 1 aliphatic heterocycles. The molecule has 18 heavy (non-hydrogen) atoms. The number of fused-ring (bicyclic) bond motifs is 3. The summed E-state index contributed by atoms with van der Waals surface area (Å²) in [5.41, 5.74) is 0.717. The van der Waals surface area contributed by atoms with Gasteiger partial charge in [-0.3, -0.25) is 9.78 Å². The lowest BCUT2D eigenvalue weighted by Crippen LogP contribution is -2.21. The molecule has 6 heteroatoms. The molecule has 0 atom stereocenters. The molecule has 0 unspecified atom stereocenters. The van der Waals surface area contributed by atoms with Gasteiger partial charge in [0.15, 0.2) is 0 Å². The number of pyridine rings is 2. The van der Waals surface area contributed by atoms with E-state index in [4.69, 9.17) is 9.84 Å². The van der Waals surface area contributed by atoms with Gasteiger partial charge >= 0.3 is 5.97 Å². The van der Waals surface area contributed by atoms with Gasteiger partial charge in [0.1, 0.15) is 23.6 Å². The third-order valence-electron chi connectivity index (χ3n) is 2.74. The lowest BCUT2D eigenvalue weighted by molar-refractivity contribution is 0.0694. The maximum absolute atomic E-state index is 11.6. The highest BCUT2D eigenvalue weighted by molar-refractivity contribution is 5.88. The molecule has 0 amide bonds. The number of nitrogens with one attached hydrogen (secondary N) is 1. The number of nitrogens with zero attached hydrogens (tertiary/aromatic N) is 1. The molecule has 3 rings (SSSR count). The maximum atomic E-state index is 11.6. The fourth-order valence-corrected chi connectivity index (χ4v) is 1.91. The van der Waals surface area contributed by atoms with Crippen LogP contribution in [0.4, 0.5) is 0 Å². The number of aromatic nitrogens is 2. The van der Waals surface area contributed by atoms with E-state index in [9.17, 15) is 9.59 Å². The Morgan fingerprint density at radius 3 is 3.11 bits per heavy atom. The molecule has 1 aliphatic rings. The zero-order valence-corrected chi connectivity index (χ0v) is 9.14. The van der Waals surface area contributed by atoms with Gasteiger partial charge in [0.25, 0.3) is 5.56 Å². The molecule has 2 N–H and O–H groups in total. The van der Waals surface area contributed by atoms with Gasteiger partial charge in [-0.1, -0.05) is 0 Å². The summed E-state index contributed by atoms with van der Waals surface area (Å²) in [5.74, 6) is -0.686. The first-order chi connectivity index (χ1) is 8.66. The van der Waals surface area contributed by atoms with E-state index >= 15 is 0 Å². The van der Waals surface area contributed by atoms with Gasteiger partial charge in [0.2, 0.25) is 0 Å². The number of hydrogen-bond donors (Lipinski definition) is 2. The largest absolute Gasteiger partial charge is 0.486 e. The normalized spacial score (nSPS) is 12.2. The predicted octanol–water partition coefficient (Wildman–Crippen LogP) is 1.03. The minimum absolute atomic E-state index is 0.213. The summed E-state index contributed by atoms with van der Waals surface area (Å²) in [5, 5.41) is 8.89. The second-order valence-electron chi connectivity index (χ2n) is 3.86. The van der Waals surface area contributed by atoms with E-state index in [2.05, 4.69) is 9.97 Å². The Bertz CT molecular complexity index is 705. The van der Waals surface area contributed by atoms with Gasteiger partial charge in [-0.05, 0) is 18.2 Å². The Labute approximate surface area is 101 Å². The topological polar surface area (TPSA) is 92.3 Å². The van der Waals surface area contributed by atoms with E-state index < -0.39 is 11.5 Å². The number of ether oxygens (including phenoxy) is 1. The first kappa shape index (κ1) is 10.5. The third kappa shape index (κ3) is 1.46. The molecular formula is C12H8N2O4. The molecule has 3 heterocycles. The summed E-state index contributed by atoms with van der Waals surface area (Å²) in [6.45, 7) is 0.213. The van der Waals surface area contributed by atoms with Crippen LogP contribution in [-0.4, -0.2) is 21.0 Å². The fourth-order valence-electron chi connectivity index (χ4n) is 1.91. The van der Waals surface area contributed by atoms with Crippen LogP contribution in [0.3, 0.4) is 0 Å². The lowest BCUT2D eigenvalue weighted by atomic mass is 10.1. The second kappa shape index (κ2) is 3.69. The molecule has 0 bridgehead atoms. The van der Waals surface area contributed by atoms with Crippen molar-refractivity contribution >= 4 is 5.97 Å². The molecule has 0 saturated heterocycles. The van der Waals surface area contributed by atoms with Crippen LogP contribution in [0, 0.1) is 0 Å². The number of H-pyrrole nitrogens is 1. The number of aromatic amines is 1. The Morgan fingerprint density at radius 2 is 2.33 bits per heavy atom. The van der Waals surface area contributed by atoms with E-state index in [1.807, 2.05) is 0 Å². The van der Waals surface area contributed by atoms with Crippen molar-refractivity contribution in [1.29, 1.82) is 0 Å². The van der Waals surface area contributed by atoms with Gasteiger partial charge in [0.05, 0.1) is 5.69 Å². The Morgan fingerprint density at radius 1 is 1.50 bits per heavy atom. The van der Waals surface area contributed by atoms with Gasteiger partial charge in [-0.25, -0.2) is 4.79 Å². The van der Waals surface area contributed by atoms with Crippen molar-refractivity contribution in [3.05, 3.63) is 45.9 Å². The first-order valence-corrected chi connectivity index (χ1v) is 5.24. The molecular weight excluding hydrogens is 236 g/mol. The molecule has 2 aromatic rings. The van der Waals surface area contributed by atoms with Gasteiger partial charge < -0.3 is 14.8 Å². The molecule has 0 aliphatic carbocycles. The summed E-state index contributed by atoms with van der Waals surface area (Å²) < 4.78 is 5.45. The average Bonchev–Trinajstić information content (AvgIpc) is 2.37. The number of aromatic carboxylic acids is 1. The van der Waals surface area contributed by atoms with Crippen LogP contribution in [0.15, 0.2) is 29.2 Å². The van der Waals surface area contributed by atoms with Crippen LogP contribution in [-0.2, 0) is 6.61 Å². The molecule has 6 nitrogen and oxygen atoms in total. The Kier molecular flexibility index (Phi) is 2.16. The number of carboxylic acid groups (broad SMARTS) is 1. The highest BCUT2D eigenvalue weighted by Gasteiger charge is 2.22. The minimum atomic E-state index is -1.26. The van der Waals surface area contributed by atoms with Crippen molar-refractivity contribution in [2.24, 2.45) is 0 Å². The van der Waals surface area contributed by atoms with E-state index in [0.717, 1.165) is 0 Å². The highest BCUT2D eigenvalue weighted by atomic mass is 16.5. The summed E-state index contributed by atoms with van der Waals surface area (Å²) in [6.07, 6.45) is 1.58. The average molecular weight is 244 g/mol. The molecule has 0 fully saturated rings. The van der Waals surface area contributed by atoms with Crippen LogP contribution in [0.2, 0.25) is 0 Å². The van der Waals surface area contributed by atoms with Crippen molar-refractivity contribution < 1.29 is 14.6 Å². The van der Waals surface area contributed by atoms with E-state index in [1.54, 1.807) is 18.3 Å². The van der Waals surface area contributed by atoms with Crippen molar-refractivity contribution in [2.75, 3.05) is 0 Å². The summed E-state index contributed by atoms with van der Waals surface area (Å²) >= 11 is 0. The van der Waals surface area contributed by atoms with Crippen LogP contribution in [0.25, 0.3) is 11.4 Å². The van der Waals surface area contributed by atoms with Crippen molar-refractivity contribution in [2.45, 2.75) is 6.61 Å². The third-order valence-corrected chi connectivity index (χ3v) is 2.74. The number of rotatable bonds is 1. The zero-order valence-electron chi connectivity index (χ0n) is 9.14. The molecule has 0 radical (unpaired) electrons. The maximum Gasteiger partial charge on any atom is 0.341 e. The minimum Gasteiger partial charge on any atom is -0.486 e. The van der Waals surface area contributed by atoms with Crippen molar-refractivity contribution in [3.63, 3.8) is 0 Å². The Balaban J connectivity index is 2.27. The van der Waals surface area contributed by atoms with E-state index in [0.29, 0.717) is 22.7 Å². The van der Waals surface area contributed by atoms with Gasteiger partial charge in [-0.2, -0.15) is 0 Å². The van der Waals surface area contributed by atoms with Crippen LogP contribution < -0.4 is 10.3 Å². The lowest BCUT2D eigenvalue weighted by Gasteiger charge is -2.19. The fraction of sp³-hybridized carbons (Fsp3) is 0.0833. The van der Waals surface area contributed by atoms with Crippen LogP contribution >= 0.6 is 0 Å². The quantitative estimate of drug-likeness (QED) is 0.781. The van der Waals surface area contributed by atoms with E-state index in [1.165, 1.54) is 6.07 Å². The highest BCUT2D eigenvalue weighted by Crippen LogP contribution is 2.33. The van der Waals surface area contributed by atoms with Crippen LogP contribution in [0.1, 0.15) is 15.9 Å². The summed E-state index contributed by atoms with van der Waals surface area (Å²) in [7, 11) is 0. The SMILES string of the molecule is O=C(O)c1cc2c([nH]c1=O)-c1ncccc1OC2. The monoisotopic (exact) mass is 244 g/mol. The first-order valence-electron chi connectivity index (χ1n) is 5.24. The Hall–Kier alpha value is -2.63. The van der Waals surface area contributed by atoms with Crippen molar-refractivity contribution in [1.82, 2.24) is 9.97 Å². The van der Waals surface area contributed by atoms with Gasteiger partial charge in [0, 0.05) is 11.8 Å².